The van der Waals surface area contributed by atoms with E-state index in [0.29, 0.717) is 19.0 Å². The van der Waals surface area contributed by atoms with Crippen LogP contribution in [0.4, 0.5) is 11.8 Å². The van der Waals surface area contributed by atoms with Gasteiger partial charge in [-0.3, -0.25) is 0 Å². The number of aryl methyl sites for hydroxylation is 2. The van der Waals surface area contributed by atoms with Crippen molar-refractivity contribution in [3.8, 4) is 5.69 Å². The van der Waals surface area contributed by atoms with Crippen LogP contribution in [0.25, 0.3) is 5.69 Å². The van der Waals surface area contributed by atoms with Gasteiger partial charge in [-0.05, 0) is 36.4 Å². The molecule has 2 aromatic heterocycles. The van der Waals surface area contributed by atoms with E-state index in [-0.39, 0.29) is 0 Å². The number of nitrogens with one attached hydrogen (secondary N) is 2. The Hall–Kier alpha value is -3.03. The van der Waals surface area contributed by atoms with Crippen molar-refractivity contribution in [2.45, 2.75) is 13.8 Å². The van der Waals surface area contributed by atoms with Crippen molar-refractivity contribution in [3.05, 3.63) is 47.9 Å². The summed E-state index contributed by atoms with van der Waals surface area (Å²) in [5.74, 6) is 2.18. The van der Waals surface area contributed by atoms with Gasteiger partial charge in [-0.25, -0.2) is 9.97 Å². The number of hydrogen-bond donors (Lipinski definition) is 2. The van der Waals surface area contributed by atoms with E-state index < -0.39 is 0 Å². The van der Waals surface area contributed by atoms with E-state index in [4.69, 9.17) is 0 Å². The molecule has 0 atom stereocenters. The molecular formula is C15H18N8. The molecule has 8 heteroatoms. The van der Waals surface area contributed by atoms with Crippen molar-refractivity contribution in [1.29, 1.82) is 0 Å². The first-order chi connectivity index (χ1) is 11.2. The highest BCUT2D eigenvalue weighted by atomic mass is 15.6. The van der Waals surface area contributed by atoms with E-state index >= 15 is 0 Å². The van der Waals surface area contributed by atoms with Crippen LogP contribution in [0.1, 0.15) is 11.5 Å². The molecule has 23 heavy (non-hydrogen) atoms. The molecule has 0 spiro atoms. The standard InChI is InChI=1S/C15H18N8/c1-11-10-14(19-12(2)18-11)16-8-9-17-15-20-21-22-23(15)13-6-4-3-5-7-13/h3-7,10H,8-9H2,1-2H3,(H,16,18,19)(H,17,20,22). The summed E-state index contributed by atoms with van der Waals surface area (Å²) in [7, 11) is 0. The Labute approximate surface area is 134 Å². The van der Waals surface area contributed by atoms with E-state index in [2.05, 4.69) is 36.1 Å². The lowest BCUT2D eigenvalue weighted by Crippen LogP contribution is -2.17. The molecule has 0 fully saturated rings. The summed E-state index contributed by atoms with van der Waals surface area (Å²) in [6.07, 6.45) is 0. The lowest BCUT2D eigenvalue weighted by atomic mass is 10.3. The fraction of sp³-hybridized carbons (Fsp3) is 0.267. The summed E-state index contributed by atoms with van der Waals surface area (Å²) < 4.78 is 1.67. The van der Waals surface area contributed by atoms with Crippen LogP contribution < -0.4 is 10.6 Å². The topological polar surface area (TPSA) is 93.4 Å². The van der Waals surface area contributed by atoms with Crippen LogP contribution in [0.5, 0.6) is 0 Å². The Morgan fingerprint density at radius 1 is 1.00 bits per heavy atom. The van der Waals surface area contributed by atoms with Gasteiger partial charge in [0.05, 0.1) is 5.69 Å². The minimum atomic E-state index is 0.605. The first kappa shape index (κ1) is 14.9. The molecule has 8 nitrogen and oxygen atoms in total. The predicted molar refractivity (Wildman–Crippen MR) is 87.6 cm³/mol. The van der Waals surface area contributed by atoms with Crippen molar-refractivity contribution >= 4 is 11.8 Å². The third-order valence-electron chi connectivity index (χ3n) is 3.15. The maximum absolute atomic E-state index is 4.34. The molecule has 2 N–H and O–H groups in total. The van der Waals surface area contributed by atoms with Crippen molar-refractivity contribution < 1.29 is 0 Å². The summed E-state index contributed by atoms with van der Waals surface area (Å²) >= 11 is 0. The SMILES string of the molecule is Cc1cc(NCCNc2nnnn2-c2ccccc2)nc(C)n1. The molecule has 1 aromatic carbocycles. The van der Waals surface area contributed by atoms with Crippen LogP contribution in [-0.2, 0) is 0 Å². The van der Waals surface area contributed by atoms with Crippen LogP contribution in [0.3, 0.4) is 0 Å². The molecule has 3 rings (SSSR count). The van der Waals surface area contributed by atoms with Crippen LogP contribution in [0.15, 0.2) is 36.4 Å². The zero-order valence-electron chi connectivity index (χ0n) is 13.1. The highest BCUT2D eigenvalue weighted by molar-refractivity contribution is 5.39. The highest BCUT2D eigenvalue weighted by Gasteiger charge is 2.06. The van der Waals surface area contributed by atoms with Crippen molar-refractivity contribution in [1.82, 2.24) is 30.2 Å². The number of tetrazole rings is 1. The molecule has 0 bridgehead atoms. The maximum Gasteiger partial charge on any atom is 0.247 e. The van der Waals surface area contributed by atoms with Gasteiger partial charge in [0.15, 0.2) is 0 Å². The summed E-state index contributed by atoms with van der Waals surface area (Å²) in [5, 5.41) is 18.2. The zero-order valence-corrected chi connectivity index (χ0v) is 13.1. The number of nitrogens with zero attached hydrogens (tertiary/aromatic N) is 6. The molecule has 0 unspecified atom stereocenters. The molecule has 0 amide bonds. The monoisotopic (exact) mass is 310 g/mol. The van der Waals surface area contributed by atoms with Crippen LogP contribution in [0, 0.1) is 13.8 Å². The number of aromatic nitrogens is 6. The van der Waals surface area contributed by atoms with Gasteiger partial charge in [0.2, 0.25) is 5.95 Å². The zero-order chi connectivity index (χ0) is 16.1. The van der Waals surface area contributed by atoms with Crippen LogP contribution in [-0.4, -0.2) is 43.3 Å². The largest absolute Gasteiger partial charge is 0.368 e. The third-order valence-corrected chi connectivity index (χ3v) is 3.15. The fourth-order valence-electron chi connectivity index (χ4n) is 2.21. The summed E-state index contributed by atoms with van der Waals surface area (Å²) in [4.78, 5) is 8.59. The van der Waals surface area contributed by atoms with Crippen molar-refractivity contribution in [2.75, 3.05) is 23.7 Å². The molecule has 118 valence electrons. The highest BCUT2D eigenvalue weighted by Crippen LogP contribution is 2.10. The van der Waals surface area contributed by atoms with Gasteiger partial charge >= 0.3 is 0 Å². The second-order valence-electron chi connectivity index (χ2n) is 5.05. The van der Waals surface area contributed by atoms with E-state index in [9.17, 15) is 0 Å². The average molecular weight is 310 g/mol. The molecule has 0 radical (unpaired) electrons. The molecule has 0 aliphatic rings. The Morgan fingerprint density at radius 3 is 2.57 bits per heavy atom. The average Bonchev–Trinajstić information content (AvgIpc) is 3.00. The summed E-state index contributed by atoms with van der Waals surface area (Å²) in [5.41, 5.74) is 1.86. The van der Waals surface area contributed by atoms with Crippen molar-refractivity contribution in [2.24, 2.45) is 0 Å². The number of rotatable bonds is 6. The van der Waals surface area contributed by atoms with Gasteiger partial charge in [-0.15, -0.1) is 0 Å². The van der Waals surface area contributed by atoms with E-state index in [1.807, 2.05) is 50.2 Å². The summed E-state index contributed by atoms with van der Waals surface area (Å²) in [6.45, 7) is 5.18. The van der Waals surface area contributed by atoms with Crippen LogP contribution in [0.2, 0.25) is 0 Å². The molecule has 0 saturated carbocycles. The number of benzene rings is 1. The predicted octanol–water partition coefficient (Wildman–Crippen LogP) is 1.59. The lowest BCUT2D eigenvalue weighted by Gasteiger charge is -2.09. The lowest BCUT2D eigenvalue weighted by molar-refractivity contribution is 0.789. The third kappa shape index (κ3) is 3.79. The second kappa shape index (κ2) is 6.82. The number of anilines is 2. The first-order valence-corrected chi connectivity index (χ1v) is 7.36. The molecule has 3 aromatic rings. The molecule has 0 aliphatic heterocycles. The first-order valence-electron chi connectivity index (χ1n) is 7.36. The van der Waals surface area contributed by atoms with Gasteiger partial charge in [0.1, 0.15) is 11.6 Å². The minimum Gasteiger partial charge on any atom is -0.368 e. The van der Waals surface area contributed by atoms with Crippen molar-refractivity contribution in [3.63, 3.8) is 0 Å². The van der Waals surface area contributed by atoms with Gasteiger partial charge < -0.3 is 10.6 Å². The van der Waals surface area contributed by atoms with E-state index in [1.54, 1.807) is 4.68 Å². The molecule has 0 saturated heterocycles. The quantitative estimate of drug-likeness (QED) is 0.668. The summed E-state index contributed by atoms with van der Waals surface area (Å²) in [6, 6.07) is 11.7. The Morgan fingerprint density at radius 2 is 1.78 bits per heavy atom. The van der Waals surface area contributed by atoms with E-state index in [0.717, 1.165) is 23.0 Å². The van der Waals surface area contributed by atoms with Crippen LogP contribution >= 0.6 is 0 Å². The van der Waals surface area contributed by atoms with E-state index in [1.165, 1.54) is 0 Å². The number of para-hydroxylation sites is 1. The molecular weight excluding hydrogens is 292 g/mol. The smallest absolute Gasteiger partial charge is 0.247 e. The van der Waals surface area contributed by atoms with Gasteiger partial charge in [0.25, 0.3) is 0 Å². The Bertz CT molecular complexity index is 748. The molecule has 0 aliphatic carbocycles. The Balaban J connectivity index is 1.57. The minimum absolute atomic E-state index is 0.605. The Kier molecular flexibility index (Phi) is 4.41. The number of hydrogen-bond acceptors (Lipinski definition) is 7. The van der Waals surface area contributed by atoms with Gasteiger partial charge in [-0.2, -0.15) is 4.68 Å². The molecule has 2 heterocycles. The maximum atomic E-state index is 4.34. The van der Waals surface area contributed by atoms with Gasteiger partial charge in [-0.1, -0.05) is 23.3 Å². The normalized spacial score (nSPS) is 10.5. The van der Waals surface area contributed by atoms with Gasteiger partial charge in [0, 0.05) is 24.8 Å². The second-order valence-corrected chi connectivity index (χ2v) is 5.05. The fourth-order valence-corrected chi connectivity index (χ4v) is 2.21.